The molecular weight excluding hydrogens is 305 g/mol. The molecule has 3 nitrogen and oxygen atoms in total. The molecule has 2 atom stereocenters. The number of alkyl halides is 1. The number of hydrogen-bond acceptors (Lipinski definition) is 2. The summed E-state index contributed by atoms with van der Waals surface area (Å²) in [4.78, 5) is 10.9. The molecule has 0 bridgehead atoms. The first kappa shape index (κ1) is 14.5. The summed E-state index contributed by atoms with van der Waals surface area (Å²) in [5.74, 6) is 0.347. The van der Waals surface area contributed by atoms with E-state index < -0.39 is 0 Å². The lowest BCUT2D eigenvalue weighted by molar-refractivity contribution is -0.385. The molecule has 1 aromatic carbocycles. The number of benzene rings is 1. The summed E-state index contributed by atoms with van der Waals surface area (Å²) < 4.78 is 0. The minimum absolute atomic E-state index is 0.111. The predicted octanol–water partition coefficient (Wildman–Crippen LogP) is 4.60. The van der Waals surface area contributed by atoms with Gasteiger partial charge in [0.2, 0.25) is 0 Å². The molecule has 0 saturated carbocycles. The summed E-state index contributed by atoms with van der Waals surface area (Å²) in [6.45, 7) is 4.17. The van der Waals surface area contributed by atoms with Gasteiger partial charge in [0.15, 0.2) is 0 Å². The Hall–Kier alpha value is -0.610. The normalized spacial score (nSPS) is 14.4. The first-order chi connectivity index (χ1) is 7.95. The zero-order valence-corrected chi connectivity index (χ0v) is 12.2. The van der Waals surface area contributed by atoms with Crippen LogP contribution < -0.4 is 0 Å². The van der Waals surface area contributed by atoms with Crippen LogP contribution in [0.25, 0.3) is 0 Å². The summed E-state index contributed by atoms with van der Waals surface area (Å²) in [6, 6.07) is 4.86. The maximum atomic E-state index is 10.9. The van der Waals surface area contributed by atoms with Crippen molar-refractivity contribution in [3.63, 3.8) is 0 Å². The number of nitro benzene ring substituents is 1. The van der Waals surface area contributed by atoms with Crippen LogP contribution in [0.1, 0.15) is 25.8 Å². The van der Waals surface area contributed by atoms with E-state index in [2.05, 4.69) is 29.8 Å². The summed E-state index contributed by atoms with van der Waals surface area (Å²) in [6.07, 6.45) is 1.68. The largest absolute Gasteiger partial charge is 0.274 e. The molecule has 0 aliphatic heterocycles. The molecule has 0 heterocycles. The van der Waals surface area contributed by atoms with Crippen LogP contribution in [0.4, 0.5) is 5.69 Å². The Morgan fingerprint density at radius 3 is 2.71 bits per heavy atom. The van der Waals surface area contributed by atoms with Crippen molar-refractivity contribution in [1.29, 1.82) is 0 Å². The van der Waals surface area contributed by atoms with Gasteiger partial charge in [0, 0.05) is 21.5 Å². The van der Waals surface area contributed by atoms with Gasteiger partial charge in [0.25, 0.3) is 5.69 Å². The van der Waals surface area contributed by atoms with E-state index in [1.807, 2.05) is 0 Å². The Morgan fingerprint density at radius 1 is 1.53 bits per heavy atom. The van der Waals surface area contributed by atoms with Gasteiger partial charge in [0.05, 0.1) is 4.92 Å². The van der Waals surface area contributed by atoms with Crippen molar-refractivity contribution in [2.24, 2.45) is 5.92 Å². The van der Waals surface area contributed by atoms with Crippen molar-refractivity contribution < 1.29 is 4.92 Å². The average Bonchev–Trinajstić information content (AvgIpc) is 2.29. The van der Waals surface area contributed by atoms with Crippen LogP contribution in [0.15, 0.2) is 18.2 Å². The molecule has 0 spiro atoms. The maximum absolute atomic E-state index is 10.9. The van der Waals surface area contributed by atoms with Gasteiger partial charge in [-0.2, -0.15) is 0 Å². The van der Waals surface area contributed by atoms with E-state index in [9.17, 15) is 10.1 Å². The van der Waals surface area contributed by atoms with E-state index in [1.165, 1.54) is 6.07 Å². The lowest BCUT2D eigenvalue weighted by atomic mass is 9.96. The van der Waals surface area contributed by atoms with Crippen molar-refractivity contribution in [3.05, 3.63) is 38.9 Å². The van der Waals surface area contributed by atoms with Crippen LogP contribution in [-0.2, 0) is 6.42 Å². The van der Waals surface area contributed by atoms with Gasteiger partial charge in [-0.1, -0.05) is 47.4 Å². The molecule has 0 fully saturated rings. The molecule has 0 aromatic heterocycles. The van der Waals surface area contributed by atoms with E-state index in [4.69, 9.17) is 11.6 Å². The lowest BCUT2D eigenvalue weighted by Gasteiger charge is -2.16. The monoisotopic (exact) mass is 319 g/mol. The van der Waals surface area contributed by atoms with Crippen LogP contribution in [-0.4, -0.2) is 9.75 Å². The third-order valence-electron chi connectivity index (χ3n) is 2.79. The Morgan fingerprint density at radius 2 is 2.18 bits per heavy atom. The molecule has 1 rings (SSSR count). The molecule has 17 heavy (non-hydrogen) atoms. The molecule has 0 aliphatic rings. The summed E-state index contributed by atoms with van der Waals surface area (Å²) in [5.41, 5.74) is 0.852. The van der Waals surface area contributed by atoms with Crippen LogP contribution in [0.3, 0.4) is 0 Å². The smallest absolute Gasteiger partial charge is 0.258 e. The number of rotatable bonds is 5. The first-order valence-electron chi connectivity index (χ1n) is 5.52. The first-order valence-corrected chi connectivity index (χ1v) is 6.82. The minimum atomic E-state index is -0.372. The second kappa shape index (κ2) is 6.36. The molecule has 0 saturated heterocycles. The molecule has 0 amide bonds. The third kappa shape index (κ3) is 3.96. The number of halogens is 2. The van der Waals surface area contributed by atoms with Crippen LogP contribution in [0.5, 0.6) is 0 Å². The maximum Gasteiger partial charge on any atom is 0.274 e. The lowest BCUT2D eigenvalue weighted by Crippen LogP contribution is -2.13. The number of hydrogen-bond donors (Lipinski definition) is 0. The Bertz CT molecular complexity index is 411. The van der Waals surface area contributed by atoms with E-state index in [0.717, 1.165) is 12.0 Å². The van der Waals surface area contributed by atoms with Crippen LogP contribution in [0, 0.1) is 16.0 Å². The molecular formula is C12H15BrClNO2. The fraction of sp³-hybridized carbons (Fsp3) is 0.500. The highest BCUT2D eigenvalue weighted by molar-refractivity contribution is 9.09. The van der Waals surface area contributed by atoms with Gasteiger partial charge in [0.1, 0.15) is 0 Å². The number of nitro groups is 1. The van der Waals surface area contributed by atoms with E-state index in [-0.39, 0.29) is 10.6 Å². The molecule has 2 unspecified atom stereocenters. The van der Waals surface area contributed by atoms with Gasteiger partial charge in [-0.25, -0.2) is 0 Å². The standard InChI is InChI=1S/C12H15BrClNO2/c1-3-11(13)8(2)6-9-4-5-10(14)7-12(9)15(16)17/h4-5,7-8,11H,3,6H2,1-2H3. The Kier molecular flexibility index (Phi) is 5.40. The predicted molar refractivity (Wildman–Crippen MR) is 74.0 cm³/mol. The van der Waals surface area contributed by atoms with Crippen molar-refractivity contribution in [1.82, 2.24) is 0 Å². The zero-order valence-electron chi connectivity index (χ0n) is 9.82. The minimum Gasteiger partial charge on any atom is -0.258 e. The molecule has 0 radical (unpaired) electrons. The Balaban J connectivity index is 2.94. The molecule has 94 valence electrons. The topological polar surface area (TPSA) is 43.1 Å². The van der Waals surface area contributed by atoms with Gasteiger partial charge in [-0.05, 0) is 24.8 Å². The fourth-order valence-electron chi connectivity index (χ4n) is 1.76. The van der Waals surface area contributed by atoms with Gasteiger partial charge in [-0.3, -0.25) is 10.1 Å². The highest BCUT2D eigenvalue weighted by atomic mass is 79.9. The van der Waals surface area contributed by atoms with Crippen LogP contribution in [0.2, 0.25) is 5.02 Å². The van der Waals surface area contributed by atoms with Gasteiger partial charge >= 0.3 is 0 Å². The zero-order chi connectivity index (χ0) is 13.0. The number of nitrogens with zero attached hydrogens (tertiary/aromatic N) is 1. The average molecular weight is 321 g/mol. The van der Waals surface area contributed by atoms with E-state index in [0.29, 0.717) is 22.2 Å². The van der Waals surface area contributed by atoms with E-state index in [1.54, 1.807) is 12.1 Å². The second-order valence-electron chi connectivity index (χ2n) is 4.14. The second-order valence-corrected chi connectivity index (χ2v) is 5.75. The SMILES string of the molecule is CCC(Br)C(C)Cc1ccc(Cl)cc1[N+](=O)[O-]. The quantitative estimate of drug-likeness (QED) is 0.452. The fourth-order valence-corrected chi connectivity index (χ4v) is 2.11. The van der Waals surface area contributed by atoms with Crippen molar-refractivity contribution in [2.75, 3.05) is 0 Å². The van der Waals surface area contributed by atoms with Crippen molar-refractivity contribution in [2.45, 2.75) is 31.5 Å². The van der Waals surface area contributed by atoms with Gasteiger partial charge in [-0.15, -0.1) is 0 Å². The van der Waals surface area contributed by atoms with Crippen molar-refractivity contribution >= 4 is 33.2 Å². The molecule has 0 aliphatic carbocycles. The summed E-state index contributed by atoms with van der Waals surface area (Å²) in [5, 5.41) is 11.3. The molecule has 5 heteroatoms. The Labute approximate surface area is 114 Å². The highest BCUT2D eigenvalue weighted by Gasteiger charge is 2.19. The summed E-state index contributed by atoms with van der Waals surface area (Å²) in [7, 11) is 0. The summed E-state index contributed by atoms with van der Waals surface area (Å²) >= 11 is 9.35. The van der Waals surface area contributed by atoms with Crippen LogP contribution >= 0.6 is 27.5 Å². The molecule has 0 N–H and O–H groups in total. The van der Waals surface area contributed by atoms with E-state index >= 15 is 0 Å². The van der Waals surface area contributed by atoms with Crippen molar-refractivity contribution in [3.8, 4) is 0 Å². The van der Waals surface area contributed by atoms with Gasteiger partial charge < -0.3 is 0 Å². The third-order valence-corrected chi connectivity index (χ3v) is 4.58. The molecule has 1 aromatic rings. The highest BCUT2D eigenvalue weighted by Crippen LogP contribution is 2.28.